The van der Waals surface area contributed by atoms with E-state index in [2.05, 4.69) is 10.00 Å². The molecule has 3 rings (SSSR count). The molecule has 1 saturated carbocycles. The molecule has 1 aromatic heterocycles. The Labute approximate surface area is 118 Å². The second kappa shape index (κ2) is 5.54. The van der Waals surface area contributed by atoms with E-state index < -0.39 is 0 Å². The van der Waals surface area contributed by atoms with E-state index in [0.717, 1.165) is 25.2 Å². The third-order valence-electron chi connectivity index (χ3n) is 4.31. The summed E-state index contributed by atoms with van der Waals surface area (Å²) in [6, 6.07) is 1.71. The van der Waals surface area contributed by atoms with Crippen molar-refractivity contribution in [1.29, 1.82) is 0 Å². The van der Waals surface area contributed by atoms with E-state index in [9.17, 15) is 4.79 Å². The van der Waals surface area contributed by atoms with Crippen molar-refractivity contribution < 1.29 is 4.74 Å². The van der Waals surface area contributed by atoms with Crippen molar-refractivity contribution in [2.75, 3.05) is 25.1 Å². The van der Waals surface area contributed by atoms with Crippen LogP contribution in [-0.2, 0) is 11.3 Å². The first-order valence-corrected chi connectivity index (χ1v) is 7.28. The van der Waals surface area contributed by atoms with Crippen molar-refractivity contribution in [3.05, 3.63) is 22.6 Å². The van der Waals surface area contributed by atoms with E-state index >= 15 is 0 Å². The van der Waals surface area contributed by atoms with Crippen molar-refractivity contribution in [2.24, 2.45) is 11.7 Å². The summed E-state index contributed by atoms with van der Waals surface area (Å²) < 4.78 is 6.82. The summed E-state index contributed by atoms with van der Waals surface area (Å²) in [6.45, 7) is 2.25. The van der Waals surface area contributed by atoms with Crippen molar-refractivity contribution in [2.45, 2.75) is 38.0 Å². The Bertz CT molecular complexity index is 526. The third kappa shape index (κ3) is 2.86. The normalized spacial score (nSPS) is 24.1. The van der Waals surface area contributed by atoms with Crippen LogP contribution in [-0.4, -0.2) is 42.1 Å². The SMILES string of the molecule is COC1CCN(c2cnn(CC(N)C3CC3)c(=O)c2)C1. The number of nitrogens with zero attached hydrogens (tertiary/aromatic N) is 3. The van der Waals surface area contributed by atoms with Gasteiger partial charge in [-0.2, -0.15) is 5.10 Å². The Balaban J connectivity index is 1.69. The predicted octanol–water partition coefficient (Wildman–Crippen LogP) is 0.206. The second-order valence-corrected chi connectivity index (χ2v) is 5.83. The van der Waals surface area contributed by atoms with Crippen LogP contribution >= 0.6 is 0 Å². The molecule has 0 radical (unpaired) electrons. The molecule has 6 nitrogen and oxygen atoms in total. The summed E-state index contributed by atoms with van der Waals surface area (Å²) in [5.74, 6) is 0.574. The zero-order chi connectivity index (χ0) is 14.1. The fourth-order valence-corrected chi connectivity index (χ4v) is 2.76. The molecule has 1 saturated heterocycles. The van der Waals surface area contributed by atoms with Crippen LogP contribution in [0.15, 0.2) is 17.1 Å². The van der Waals surface area contributed by atoms with Gasteiger partial charge < -0.3 is 15.4 Å². The van der Waals surface area contributed by atoms with Gasteiger partial charge in [-0.1, -0.05) is 0 Å². The number of hydrogen-bond donors (Lipinski definition) is 1. The van der Waals surface area contributed by atoms with Gasteiger partial charge in [0, 0.05) is 32.3 Å². The van der Waals surface area contributed by atoms with Gasteiger partial charge in [-0.15, -0.1) is 0 Å². The van der Waals surface area contributed by atoms with Crippen LogP contribution in [0.1, 0.15) is 19.3 Å². The molecule has 20 heavy (non-hydrogen) atoms. The highest BCUT2D eigenvalue weighted by Gasteiger charge is 2.29. The molecule has 6 heteroatoms. The van der Waals surface area contributed by atoms with Gasteiger partial charge in [-0.05, 0) is 25.2 Å². The van der Waals surface area contributed by atoms with Crippen LogP contribution in [0.2, 0.25) is 0 Å². The quantitative estimate of drug-likeness (QED) is 0.833. The molecule has 2 heterocycles. The van der Waals surface area contributed by atoms with Crippen LogP contribution in [0.5, 0.6) is 0 Å². The lowest BCUT2D eigenvalue weighted by Crippen LogP contribution is -2.35. The maximum absolute atomic E-state index is 12.1. The lowest BCUT2D eigenvalue weighted by molar-refractivity contribution is 0.121. The first-order valence-electron chi connectivity index (χ1n) is 7.28. The van der Waals surface area contributed by atoms with E-state index in [0.29, 0.717) is 12.5 Å². The highest BCUT2D eigenvalue weighted by atomic mass is 16.5. The maximum atomic E-state index is 12.1. The number of rotatable bonds is 5. The zero-order valence-corrected chi connectivity index (χ0v) is 11.9. The Kier molecular flexibility index (Phi) is 3.76. The molecule has 2 unspecified atom stereocenters. The molecule has 0 spiro atoms. The lowest BCUT2D eigenvalue weighted by Gasteiger charge is -2.18. The summed E-state index contributed by atoms with van der Waals surface area (Å²) in [6.07, 6.45) is 5.37. The van der Waals surface area contributed by atoms with Crippen LogP contribution in [0, 0.1) is 5.92 Å². The smallest absolute Gasteiger partial charge is 0.268 e. The molecular weight excluding hydrogens is 256 g/mol. The fraction of sp³-hybridized carbons (Fsp3) is 0.714. The molecule has 0 bridgehead atoms. The lowest BCUT2D eigenvalue weighted by atomic mass is 10.2. The molecule has 2 aliphatic rings. The minimum absolute atomic E-state index is 0.0516. The minimum atomic E-state index is -0.0699. The highest BCUT2D eigenvalue weighted by Crippen LogP contribution is 2.31. The van der Waals surface area contributed by atoms with E-state index in [1.54, 1.807) is 19.4 Å². The molecule has 1 aliphatic carbocycles. The first-order chi connectivity index (χ1) is 9.67. The molecule has 0 aromatic carbocycles. The zero-order valence-electron chi connectivity index (χ0n) is 11.9. The summed E-state index contributed by atoms with van der Waals surface area (Å²) in [5.41, 5.74) is 6.86. The van der Waals surface area contributed by atoms with Crippen LogP contribution < -0.4 is 16.2 Å². The summed E-state index contributed by atoms with van der Waals surface area (Å²) >= 11 is 0. The first kappa shape index (κ1) is 13.6. The monoisotopic (exact) mass is 278 g/mol. The van der Waals surface area contributed by atoms with E-state index in [1.165, 1.54) is 17.5 Å². The van der Waals surface area contributed by atoms with Gasteiger partial charge in [-0.25, -0.2) is 4.68 Å². The van der Waals surface area contributed by atoms with Crippen molar-refractivity contribution in [1.82, 2.24) is 9.78 Å². The molecule has 2 atom stereocenters. The number of anilines is 1. The van der Waals surface area contributed by atoms with Gasteiger partial charge in [0.25, 0.3) is 5.56 Å². The number of ether oxygens (including phenoxy) is 1. The van der Waals surface area contributed by atoms with E-state index in [-0.39, 0.29) is 17.7 Å². The topological polar surface area (TPSA) is 73.4 Å². The molecule has 1 aromatic rings. The van der Waals surface area contributed by atoms with Gasteiger partial charge >= 0.3 is 0 Å². The van der Waals surface area contributed by atoms with Crippen molar-refractivity contribution in [3.8, 4) is 0 Å². The number of nitrogens with two attached hydrogens (primary N) is 1. The molecule has 1 aliphatic heterocycles. The Hall–Kier alpha value is -1.40. The molecule has 2 N–H and O–H groups in total. The average molecular weight is 278 g/mol. The number of aromatic nitrogens is 2. The molecule has 2 fully saturated rings. The van der Waals surface area contributed by atoms with E-state index in [1.807, 2.05) is 0 Å². The molecular formula is C14H22N4O2. The summed E-state index contributed by atoms with van der Waals surface area (Å²) in [5, 5.41) is 4.27. The number of methoxy groups -OCH3 is 1. The van der Waals surface area contributed by atoms with Crippen LogP contribution in [0.25, 0.3) is 0 Å². The standard InChI is InChI=1S/C14H22N4O2/c1-20-12-4-5-17(8-12)11-6-14(19)18(16-7-11)9-13(15)10-2-3-10/h6-7,10,12-13H,2-5,8-9,15H2,1H3. The molecule has 110 valence electrons. The van der Waals surface area contributed by atoms with Gasteiger partial charge in [0.05, 0.1) is 24.5 Å². The van der Waals surface area contributed by atoms with Crippen molar-refractivity contribution >= 4 is 5.69 Å². The van der Waals surface area contributed by atoms with Crippen LogP contribution in [0.4, 0.5) is 5.69 Å². The maximum Gasteiger partial charge on any atom is 0.268 e. The Morgan fingerprint density at radius 1 is 1.50 bits per heavy atom. The summed E-state index contributed by atoms with van der Waals surface area (Å²) in [4.78, 5) is 14.3. The largest absolute Gasteiger partial charge is 0.380 e. The van der Waals surface area contributed by atoms with Crippen molar-refractivity contribution in [3.63, 3.8) is 0 Å². The third-order valence-corrected chi connectivity index (χ3v) is 4.31. The molecule has 0 amide bonds. The summed E-state index contributed by atoms with van der Waals surface area (Å²) in [7, 11) is 1.73. The minimum Gasteiger partial charge on any atom is -0.380 e. The second-order valence-electron chi connectivity index (χ2n) is 5.83. The van der Waals surface area contributed by atoms with E-state index in [4.69, 9.17) is 10.5 Å². The van der Waals surface area contributed by atoms with Gasteiger partial charge in [0.15, 0.2) is 0 Å². The highest BCUT2D eigenvalue weighted by molar-refractivity contribution is 5.44. The van der Waals surface area contributed by atoms with Gasteiger partial charge in [-0.3, -0.25) is 4.79 Å². The predicted molar refractivity (Wildman–Crippen MR) is 76.8 cm³/mol. The van der Waals surface area contributed by atoms with Gasteiger partial charge in [0.1, 0.15) is 0 Å². The average Bonchev–Trinajstić information content (AvgIpc) is 3.19. The fourth-order valence-electron chi connectivity index (χ4n) is 2.76. The Morgan fingerprint density at radius 3 is 2.90 bits per heavy atom. The van der Waals surface area contributed by atoms with Crippen LogP contribution in [0.3, 0.4) is 0 Å². The Morgan fingerprint density at radius 2 is 2.30 bits per heavy atom. The number of hydrogen-bond acceptors (Lipinski definition) is 5. The van der Waals surface area contributed by atoms with Gasteiger partial charge in [0.2, 0.25) is 0 Å².